The van der Waals surface area contributed by atoms with Gasteiger partial charge in [-0.25, -0.2) is 9.82 Å². The highest BCUT2D eigenvalue weighted by atomic mass is 35.5. The molecule has 0 radical (unpaired) electrons. The number of nitrogens with one attached hydrogen (secondary N) is 1. The normalized spacial score (nSPS) is 12.4. The third-order valence-electron chi connectivity index (χ3n) is 2.57. The van der Waals surface area contributed by atoms with Gasteiger partial charge < -0.3 is 0 Å². The molecule has 0 amide bonds. The number of halogens is 2. The van der Waals surface area contributed by atoms with Crippen molar-refractivity contribution in [2.45, 2.75) is 6.04 Å². The van der Waals surface area contributed by atoms with Crippen LogP contribution in [0.25, 0.3) is 0 Å². The van der Waals surface area contributed by atoms with Gasteiger partial charge in [-0.1, -0.05) is 41.9 Å². The summed E-state index contributed by atoms with van der Waals surface area (Å²) in [6, 6.07) is 13.4. The fourth-order valence-corrected chi connectivity index (χ4v) is 1.93. The van der Waals surface area contributed by atoms with Crippen LogP contribution >= 0.6 is 11.6 Å². The van der Waals surface area contributed by atoms with Gasteiger partial charge in [-0.3, -0.25) is 5.84 Å². The monoisotopic (exact) mass is 250 g/mol. The van der Waals surface area contributed by atoms with Gasteiger partial charge in [0, 0.05) is 10.6 Å². The van der Waals surface area contributed by atoms with Gasteiger partial charge in [0.25, 0.3) is 0 Å². The highest BCUT2D eigenvalue weighted by Crippen LogP contribution is 2.26. The van der Waals surface area contributed by atoms with Crippen molar-refractivity contribution in [1.82, 2.24) is 5.43 Å². The number of hydrazine groups is 1. The van der Waals surface area contributed by atoms with Crippen LogP contribution in [0.3, 0.4) is 0 Å². The van der Waals surface area contributed by atoms with Crippen LogP contribution in [0.15, 0.2) is 48.5 Å². The van der Waals surface area contributed by atoms with Crippen molar-refractivity contribution >= 4 is 11.6 Å². The first-order valence-corrected chi connectivity index (χ1v) is 5.56. The lowest BCUT2D eigenvalue weighted by Crippen LogP contribution is -2.29. The summed E-state index contributed by atoms with van der Waals surface area (Å²) in [5.74, 6) is 5.16. The molecule has 1 atom stereocenters. The number of nitrogens with two attached hydrogens (primary N) is 1. The van der Waals surface area contributed by atoms with E-state index in [0.717, 1.165) is 5.56 Å². The maximum Gasteiger partial charge on any atom is 0.128 e. The van der Waals surface area contributed by atoms with E-state index < -0.39 is 6.04 Å². The first kappa shape index (κ1) is 12.0. The minimum absolute atomic E-state index is 0.332. The summed E-state index contributed by atoms with van der Waals surface area (Å²) in [7, 11) is 0. The Kier molecular flexibility index (Phi) is 3.74. The van der Waals surface area contributed by atoms with E-state index >= 15 is 0 Å². The van der Waals surface area contributed by atoms with Crippen LogP contribution in [0.5, 0.6) is 0 Å². The topological polar surface area (TPSA) is 38.0 Å². The fraction of sp³-hybridized carbons (Fsp3) is 0.0769. The SMILES string of the molecule is NNC(c1ccccc1)c1cc(Cl)ccc1F. The molecule has 2 rings (SSSR count). The first-order valence-electron chi connectivity index (χ1n) is 5.18. The molecule has 2 nitrogen and oxygen atoms in total. The minimum Gasteiger partial charge on any atom is -0.271 e. The molecule has 1 unspecified atom stereocenters. The molecule has 0 spiro atoms. The Balaban J connectivity index is 2.46. The van der Waals surface area contributed by atoms with Crippen molar-refractivity contribution in [1.29, 1.82) is 0 Å². The van der Waals surface area contributed by atoms with Crippen LogP contribution in [0.2, 0.25) is 5.02 Å². The molecule has 2 aromatic carbocycles. The zero-order chi connectivity index (χ0) is 12.3. The second kappa shape index (κ2) is 5.27. The highest BCUT2D eigenvalue weighted by molar-refractivity contribution is 6.30. The number of hydrogen-bond acceptors (Lipinski definition) is 2. The number of benzene rings is 2. The van der Waals surface area contributed by atoms with Gasteiger partial charge in [0.15, 0.2) is 0 Å². The van der Waals surface area contributed by atoms with E-state index in [0.29, 0.717) is 10.6 Å². The van der Waals surface area contributed by atoms with Crippen LogP contribution in [-0.2, 0) is 0 Å². The first-order chi connectivity index (χ1) is 8.22. The summed E-state index contributed by atoms with van der Waals surface area (Å²) in [5.41, 5.74) is 3.93. The lowest BCUT2D eigenvalue weighted by Gasteiger charge is -2.17. The van der Waals surface area contributed by atoms with E-state index in [2.05, 4.69) is 5.43 Å². The average molecular weight is 251 g/mol. The van der Waals surface area contributed by atoms with E-state index in [1.165, 1.54) is 12.1 Å². The third kappa shape index (κ3) is 2.64. The molecule has 0 bridgehead atoms. The Labute approximate surface area is 104 Å². The van der Waals surface area contributed by atoms with Gasteiger partial charge in [-0.05, 0) is 23.8 Å². The standard InChI is InChI=1S/C13H12ClFN2/c14-10-6-7-12(15)11(8-10)13(17-16)9-4-2-1-3-5-9/h1-8,13,17H,16H2. The molecular formula is C13H12ClFN2. The van der Waals surface area contributed by atoms with Crippen LogP contribution in [0.1, 0.15) is 17.2 Å². The summed E-state index contributed by atoms with van der Waals surface area (Å²) in [6.45, 7) is 0. The zero-order valence-electron chi connectivity index (χ0n) is 9.03. The second-order valence-corrected chi connectivity index (χ2v) is 4.11. The molecule has 17 heavy (non-hydrogen) atoms. The van der Waals surface area contributed by atoms with Crippen LogP contribution in [0.4, 0.5) is 4.39 Å². The second-order valence-electron chi connectivity index (χ2n) is 3.68. The predicted molar refractivity (Wildman–Crippen MR) is 67.0 cm³/mol. The van der Waals surface area contributed by atoms with E-state index in [4.69, 9.17) is 17.4 Å². The van der Waals surface area contributed by atoms with Crippen LogP contribution < -0.4 is 11.3 Å². The van der Waals surface area contributed by atoms with Crippen molar-refractivity contribution in [3.63, 3.8) is 0 Å². The highest BCUT2D eigenvalue weighted by Gasteiger charge is 2.16. The maximum absolute atomic E-state index is 13.7. The minimum atomic E-state index is -0.408. The van der Waals surface area contributed by atoms with Crippen molar-refractivity contribution < 1.29 is 4.39 Å². The van der Waals surface area contributed by atoms with E-state index in [1.54, 1.807) is 6.07 Å². The quantitative estimate of drug-likeness (QED) is 0.649. The Morgan fingerprint density at radius 3 is 2.47 bits per heavy atom. The predicted octanol–water partition coefficient (Wildman–Crippen LogP) is 3.03. The Bertz CT molecular complexity index is 502. The molecule has 0 saturated heterocycles. The molecule has 0 fully saturated rings. The van der Waals surface area contributed by atoms with Gasteiger partial charge in [-0.2, -0.15) is 0 Å². The van der Waals surface area contributed by atoms with Crippen molar-refractivity contribution in [3.05, 3.63) is 70.5 Å². The van der Waals surface area contributed by atoms with E-state index in [1.807, 2.05) is 30.3 Å². The van der Waals surface area contributed by atoms with Crippen LogP contribution in [0, 0.1) is 5.82 Å². The molecule has 4 heteroatoms. The van der Waals surface area contributed by atoms with Gasteiger partial charge in [0.05, 0.1) is 6.04 Å². The Morgan fingerprint density at radius 1 is 1.12 bits per heavy atom. The number of hydrogen-bond donors (Lipinski definition) is 2. The Morgan fingerprint density at radius 2 is 1.82 bits per heavy atom. The van der Waals surface area contributed by atoms with Gasteiger partial charge >= 0.3 is 0 Å². The van der Waals surface area contributed by atoms with Gasteiger partial charge in [0.1, 0.15) is 5.82 Å². The van der Waals surface area contributed by atoms with Crippen molar-refractivity contribution in [3.8, 4) is 0 Å². The summed E-state index contributed by atoms with van der Waals surface area (Å²) in [6.07, 6.45) is 0. The summed E-state index contributed by atoms with van der Waals surface area (Å²) in [4.78, 5) is 0. The van der Waals surface area contributed by atoms with E-state index in [9.17, 15) is 4.39 Å². The molecule has 0 saturated carbocycles. The molecule has 0 aliphatic carbocycles. The fourth-order valence-electron chi connectivity index (χ4n) is 1.75. The molecule has 88 valence electrons. The zero-order valence-corrected chi connectivity index (χ0v) is 9.79. The molecule has 2 aromatic rings. The van der Waals surface area contributed by atoms with Gasteiger partial charge in [-0.15, -0.1) is 0 Å². The average Bonchev–Trinajstić information content (AvgIpc) is 2.36. The van der Waals surface area contributed by atoms with Crippen LogP contribution in [-0.4, -0.2) is 0 Å². The summed E-state index contributed by atoms with van der Waals surface area (Å²) >= 11 is 5.87. The van der Waals surface area contributed by atoms with Gasteiger partial charge in [0.2, 0.25) is 0 Å². The lowest BCUT2D eigenvalue weighted by molar-refractivity contribution is 0.560. The molecule has 3 N–H and O–H groups in total. The number of rotatable bonds is 3. The Hall–Kier alpha value is -1.42. The maximum atomic E-state index is 13.7. The summed E-state index contributed by atoms with van der Waals surface area (Å²) in [5, 5.41) is 0.484. The molecule has 0 heterocycles. The molecular weight excluding hydrogens is 239 g/mol. The molecule has 0 aromatic heterocycles. The molecule has 0 aliphatic heterocycles. The largest absolute Gasteiger partial charge is 0.271 e. The smallest absolute Gasteiger partial charge is 0.128 e. The third-order valence-corrected chi connectivity index (χ3v) is 2.80. The van der Waals surface area contributed by atoms with Crippen molar-refractivity contribution in [2.75, 3.05) is 0 Å². The van der Waals surface area contributed by atoms with E-state index in [-0.39, 0.29) is 5.82 Å². The summed E-state index contributed by atoms with van der Waals surface area (Å²) < 4.78 is 13.7. The lowest BCUT2D eigenvalue weighted by atomic mass is 9.99. The van der Waals surface area contributed by atoms with Crippen molar-refractivity contribution in [2.24, 2.45) is 5.84 Å². The molecule has 0 aliphatic rings.